The van der Waals surface area contributed by atoms with Crippen molar-refractivity contribution < 1.29 is 56.2 Å². The highest BCUT2D eigenvalue weighted by Crippen LogP contribution is 2.26. The first-order valence-corrected chi connectivity index (χ1v) is 29.1. The van der Waals surface area contributed by atoms with Crippen LogP contribution in [0.5, 0.6) is 0 Å². The number of aliphatic hydroxyl groups excluding tert-OH is 3. The molecule has 0 bridgehead atoms. The zero-order chi connectivity index (χ0) is 51.0. The molecule has 70 heavy (non-hydrogen) atoms. The fraction of sp³-hybridized carbons (Fsp3) is 0.772. The molecule has 0 saturated carbocycles. The summed E-state index contributed by atoms with van der Waals surface area (Å²) in [6.45, 7) is 3.75. The van der Waals surface area contributed by atoms with Gasteiger partial charge in [-0.05, 0) is 57.8 Å². The van der Waals surface area contributed by atoms with Gasteiger partial charge in [0.2, 0.25) is 0 Å². The Hall–Kier alpha value is -2.46. The molecular formula is C57H100O12S. The number of esters is 1. The van der Waals surface area contributed by atoms with Crippen LogP contribution in [0.1, 0.15) is 219 Å². The number of aliphatic hydroxyl groups is 3. The summed E-state index contributed by atoms with van der Waals surface area (Å²) in [4.78, 5) is 12.9. The Kier molecular flexibility index (Phi) is 44.5. The second-order valence-corrected chi connectivity index (χ2v) is 19.8. The number of carbonyl (C=O) groups excluding carboxylic acids is 1. The predicted octanol–water partition coefficient (Wildman–Crippen LogP) is 13.4. The number of hydrogen-bond donors (Lipinski definition) is 4. The summed E-state index contributed by atoms with van der Waals surface area (Å²) >= 11 is 0. The minimum atomic E-state index is -5.08. The monoisotopic (exact) mass is 1010 g/mol. The van der Waals surface area contributed by atoms with Gasteiger partial charge in [0.25, 0.3) is 0 Å². The van der Waals surface area contributed by atoms with E-state index in [1.807, 2.05) is 0 Å². The Morgan fingerprint density at radius 2 is 0.971 bits per heavy atom. The first-order chi connectivity index (χ1) is 34.1. The maximum absolute atomic E-state index is 12.9. The summed E-state index contributed by atoms with van der Waals surface area (Å²) in [5.41, 5.74) is 0. The third-order valence-corrected chi connectivity index (χ3v) is 12.8. The van der Waals surface area contributed by atoms with Crippen LogP contribution in [-0.4, -0.2) is 97.5 Å². The van der Waals surface area contributed by atoms with Gasteiger partial charge in [-0.1, -0.05) is 228 Å². The highest BCUT2D eigenvalue weighted by atomic mass is 32.3. The first kappa shape index (κ1) is 65.6. The van der Waals surface area contributed by atoms with E-state index in [0.29, 0.717) is 13.0 Å². The standard InChI is InChI=1S/C57H100O12S/c1-3-5-7-9-11-13-15-17-19-21-23-25-26-27-28-30-32-34-36-38-40-42-44-46-53(59)67-51(50-66-57-55(61)56(69-70(62,63)64)54(60)52(48-58)68-57)49-65-47-45-43-41-39-37-35-33-31-29-24-22-20-18-16-14-12-10-8-6-4-2/h6,8,12,14,18,20,24,29,33,35,39,41,51-52,54-58,60-61H,3-5,7,9-11,13,15-17,19,21-23,25-28,30-32,34,36-38,40,42-50H2,1-2H3,(H,62,63,64)/b8-6-,14-12-,20-18-,29-24-,35-33-,41-39-. The molecule has 0 aromatic heterocycles. The lowest BCUT2D eigenvalue weighted by Crippen LogP contribution is -2.60. The Morgan fingerprint density at radius 3 is 1.39 bits per heavy atom. The molecule has 1 aliphatic rings. The van der Waals surface area contributed by atoms with Crippen molar-refractivity contribution in [3.8, 4) is 0 Å². The lowest BCUT2D eigenvalue weighted by Gasteiger charge is -2.41. The van der Waals surface area contributed by atoms with E-state index in [1.54, 1.807) is 0 Å². The van der Waals surface area contributed by atoms with Gasteiger partial charge in [-0.15, -0.1) is 0 Å². The Bertz CT molecular complexity index is 1490. The molecule has 0 aromatic carbocycles. The van der Waals surface area contributed by atoms with Crippen molar-refractivity contribution in [2.45, 2.75) is 256 Å². The van der Waals surface area contributed by atoms with Crippen LogP contribution in [0.3, 0.4) is 0 Å². The van der Waals surface area contributed by atoms with Crippen LogP contribution in [0.25, 0.3) is 0 Å². The van der Waals surface area contributed by atoms with Gasteiger partial charge in [0, 0.05) is 13.0 Å². The molecule has 1 fully saturated rings. The Balaban J connectivity index is 2.36. The van der Waals surface area contributed by atoms with Crippen molar-refractivity contribution in [1.82, 2.24) is 0 Å². The predicted molar refractivity (Wildman–Crippen MR) is 285 cm³/mol. The average Bonchev–Trinajstić information content (AvgIpc) is 3.34. The molecule has 12 nitrogen and oxygen atoms in total. The highest BCUT2D eigenvalue weighted by molar-refractivity contribution is 7.80. The molecule has 0 spiro atoms. The molecule has 0 aromatic rings. The van der Waals surface area contributed by atoms with Crippen LogP contribution in [0, 0.1) is 0 Å². The van der Waals surface area contributed by atoms with Gasteiger partial charge in [-0.2, -0.15) is 8.42 Å². The van der Waals surface area contributed by atoms with E-state index in [1.165, 1.54) is 122 Å². The second kappa shape index (κ2) is 47.5. The zero-order valence-electron chi connectivity index (χ0n) is 43.8. The van der Waals surface area contributed by atoms with Crippen LogP contribution < -0.4 is 0 Å². The molecule has 1 rings (SSSR count). The quantitative estimate of drug-likeness (QED) is 0.0197. The van der Waals surface area contributed by atoms with Gasteiger partial charge in [0.05, 0.1) is 19.8 Å². The lowest BCUT2D eigenvalue weighted by atomic mass is 9.99. The van der Waals surface area contributed by atoms with Crippen molar-refractivity contribution in [2.75, 3.05) is 26.4 Å². The van der Waals surface area contributed by atoms with E-state index in [4.69, 9.17) is 18.9 Å². The van der Waals surface area contributed by atoms with Crippen LogP contribution >= 0.6 is 0 Å². The van der Waals surface area contributed by atoms with Crippen molar-refractivity contribution in [2.24, 2.45) is 0 Å². The summed E-state index contributed by atoms with van der Waals surface area (Å²) < 4.78 is 59.3. The molecule has 0 amide bonds. The van der Waals surface area contributed by atoms with Gasteiger partial charge in [0.1, 0.15) is 30.5 Å². The van der Waals surface area contributed by atoms with Gasteiger partial charge < -0.3 is 34.3 Å². The fourth-order valence-electron chi connectivity index (χ4n) is 8.22. The van der Waals surface area contributed by atoms with Crippen molar-refractivity contribution in [3.63, 3.8) is 0 Å². The van der Waals surface area contributed by atoms with E-state index < -0.39 is 59.8 Å². The number of hydrogen-bond acceptors (Lipinski definition) is 11. The summed E-state index contributed by atoms with van der Waals surface area (Å²) in [5, 5.41) is 30.8. The van der Waals surface area contributed by atoms with Crippen LogP contribution in [-0.2, 0) is 38.3 Å². The molecule has 1 saturated heterocycles. The first-order valence-electron chi connectivity index (χ1n) is 27.7. The average molecular weight is 1010 g/mol. The number of ether oxygens (including phenoxy) is 4. The summed E-state index contributed by atoms with van der Waals surface area (Å²) in [6, 6.07) is 0. The number of allylic oxidation sites excluding steroid dienone is 12. The molecule has 1 heterocycles. The Labute approximate surface area is 426 Å². The number of carbonyl (C=O) groups is 1. The number of rotatable bonds is 48. The maximum Gasteiger partial charge on any atom is 0.397 e. The van der Waals surface area contributed by atoms with E-state index in [0.717, 1.165) is 70.6 Å². The summed E-state index contributed by atoms with van der Waals surface area (Å²) in [5.74, 6) is -0.417. The molecule has 4 N–H and O–H groups in total. The lowest BCUT2D eigenvalue weighted by molar-refractivity contribution is -0.301. The Morgan fingerprint density at radius 1 is 0.557 bits per heavy atom. The molecule has 0 aliphatic carbocycles. The van der Waals surface area contributed by atoms with Crippen LogP contribution in [0.4, 0.5) is 0 Å². The van der Waals surface area contributed by atoms with E-state index >= 15 is 0 Å². The smallest absolute Gasteiger partial charge is 0.397 e. The molecule has 6 atom stereocenters. The summed E-state index contributed by atoms with van der Waals surface area (Å²) in [6.07, 6.45) is 53.8. The van der Waals surface area contributed by atoms with Crippen molar-refractivity contribution >= 4 is 16.4 Å². The van der Waals surface area contributed by atoms with Crippen LogP contribution in [0.2, 0.25) is 0 Å². The fourth-order valence-corrected chi connectivity index (χ4v) is 8.73. The van der Waals surface area contributed by atoms with Gasteiger partial charge in [-0.3, -0.25) is 9.35 Å². The SMILES string of the molecule is CC/C=C\C/C=C\C/C=C\C/C=C\C/C=C\C/C=C\CCCOCC(COC1OC(CO)C(O)C(OS(=O)(=O)O)C1O)OC(=O)CCCCCCCCCCCCCCCCCCCCCCCCC. The van der Waals surface area contributed by atoms with Crippen LogP contribution in [0.15, 0.2) is 72.9 Å². The van der Waals surface area contributed by atoms with Crippen molar-refractivity contribution in [3.05, 3.63) is 72.9 Å². The van der Waals surface area contributed by atoms with Gasteiger partial charge in [-0.25, -0.2) is 4.18 Å². The molecule has 6 unspecified atom stereocenters. The zero-order valence-corrected chi connectivity index (χ0v) is 44.6. The molecule has 0 radical (unpaired) electrons. The van der Waals surface area contributed by atoms with Gasteiger partial charge in [0.15, 0.2) is 6.29 Å². The minimum Gasteiger partial charge on any atom is -0.457 e. The minimum absolute atomic E-state index is 0.00525. The topological polar surface area (TPSA) is 178 Å². The molecular weight excluding hydrogens is 909 g/mol. The second-order valence-electron chi connectivity index (χ2n) is 18.8. The number of unbranched alkanes of at least 4 members (excludes halogenated alkanes) is 23. The maximum atomic E-state index is 12.9. The third kappa shape index (κ3) is 40.1. The van der Waals surface area contributed by atoms with Crippen molar-refractivity contribution in [1.29, 1.82) is 0 Å². The van der Waals surface area contributed by atoms with Gasteiger partial charge >= 0.3 is 16.4 Å². The van der Waals surface area contributed by atoms with E-state index in [9.17, 15) is 33.1 Å². The molecule has 406 valence electrons. The normalized spacial score (nSPS) is 19.7. The van der Waals surface area contributed by atoms with E-state index in [2.05, 4.69) is 90.9 Å². The third-order valence-electron chi connectivity index (χ3n) is 12.3. The summed E-state index contributed by atoms with van der Waals surface area (Å²) in [7, 11) is -5.08. The van der Waals surface area contributed by atoms with E-state index in [-0.39, 0.29) is 19.6 Å². The highest BCUT2D eigenvalue weighted by Gasteiger charge is 2.48. The molecule has 13 heteroatoms. The largest absolute Gasteiger partial charge is 0.457 e. The molecule has 1 aliphatic heterocycles.